The molecular formula is C62H70N3O+. The zero-order valence-corrected chi connectivity index (χ0v) is 40.8. The third-order valence-corrected chi connectivity index (χ3v) is 13.6. The fourth-order valence-corrected chi connectivity index (χ4v) is 10.7. The number of nitrogens with zero attached hydrogens (tertiary/aromatic N) is 2. The fraction of sp³-hybridized carbons (Fsp3) is 0.306. The molecule has 8 rings (SSSR count). The molecular weight excluding hydrogens is 803 g/mol. The first-order valence-electron chi connectivity index (χ1n) is 24.5. The zero-order chi connectivity index (χ0) is 46.3. The number of nitrogens with one attached hydrogen (secondary N) is 1. The zero-order valence-electron chi connectivity index (χ0n) is 40.8. The Labute approximate surface area is 396 Å². The summed E-state index contributed by atoms with van der Waals surface area (Å²) in [7, 11) is 0. The number of aryl methyl sites for hydroxylation is 6. The normalized spacial score (nSPS) is 14.8. The van der Waals surface area contributed by atoms with E-state index in [2.05, 4.69) is 211 Å². The van der Waals surface area contributed by atoms with Gasteiger partial charge in [-0.15, -0.1) is 0 Å². The van der Waals surface area contributed by atoms with Crippen molar-refractivity contribution < 1.29 is 4.74 Å². The van der Waals surface area contributed by atoms with Gasteiger partial charge in [-0.1, -0.05) is 111 Å². The van der Waals surface area contributed by atoms with Crippen LogP contribution < -0.4 is 15.1 Å². The van der Waals surface area contributed by atoms with E-state index >= 15 is 0 Å². The average molecular weight is 873 g/mol. The molecule has 1 N–H and O–H groups in total. The Hall–Kier alpha value is -6.23. The van der Waals surface area contributed by atoms with Gasteiger partial charge in [0.2, 0.25) is 0 Å². The van der Waals surface area contributed by atoms with E-state index in [0.717, 1.165) is 50.0 Å². The molecule has 0 bridgehead atoms. The molecule has 0 aliphatic heterocycles. The van der Waals surface area contributed by atoms with Gasteiger partial charge >= 0.3 is 0 Å². The number of anilines is 5. The van der Waals surface area contributed by atoms with Crippen molar-refractivity contribution in [2.24, 2.45) is 0 Å². The third-order valence-electron chi connectivity index (χ3n) is 13.6. The highest BCUT2D eigenvalue weighted by Gasteiger charge is 2.30. The lowest BCUT2D eigenvalue weighted by atomic mass is 9.82. The maximum atomic E-state index is 6.69. The van der Waals surface area contributed by atoms with Gasteiger partial charge in [-0.25, -0.2) is 0 Å². The molecule has 4 heteroatoms. The van der Waals surface area contributed by atoms with E-state index in [1.54, 1.807) is 0 Å². The van der Waals surface area contributed by atoms with E-state index in [1.807, 2.05) is 6.08 Å². The Bertz CT molecular complexity index is 2590. The number of hydrogen-bond acceptors (Lipinski definition) is 4. The molecule has 1 fully saturated rings. The first-order chi connectivity index (χ1) is 32.1. The van der Waals surface area contributed by atoms with Gasteiger partial charge in [-0.3, -0.25) is 0 Å². The van der Waals surface area contributed by atoms with Crippen LogP contribution in [0, 0.1) is 47.5 Å². The minimum absolute atomic E-state index is 0.134. The van der Waals surface area contributed by atoms with E-state index in [4.69, 9.17) is 4.74 Å². The van der Waals surface area contributed by atoms with Crippen molar-refractivity contribution in [2.45, 2.75) is 113 Å². The van der Waals surface area contributed by atoms with E-state index in [9.17, 15) is 0 Å². The Balaban J connectivity index is 1.18. The summed E-state index contributed by atoms with van der Waals surface area (Å²) >= 11 is 0. The predicted octanol–water partition coefficient (Wildman–Crippen LogP) is 16.4. The van der Waals surface area contributed by atoms with Crippen LogP contribution in [0.25, 0.3) is 16.8 Å². The van der Waals surface area contributed by atoms with Crippen LogP contribution in [0.2, 0.25) is 0 Å². The summed E-state index contributed by atoms with van der Waals surface area (Å²) in [6.07, 6.45) is 8.66. The van der Waals surface area contributed by atoms with Crippen LogP contribution in [0.4, 0.5) is 28.4 Å². The van der Waals surface area contributed by atoms with Crippen molar-refractivity contribution >= 4 is 45.3 Å². The maximum Gasteiger partial charge on any atom is 0.0780 e. The second-order valence-corrected chi connectivity index (χ2v) is 18.8. The van der Waals surface area contributed by atoms with Gasteiger partial charge < -0.3 is 19.9 Å². The Morgan fingerprint density at radius 2 is 1.11 bits per heavy atom. The Morgan fingerprint density at radius 1 is 0.606 bits per heavy atom. The second-order valence-electron chi connectivity index (χ2n) is 18.8. The monoisotopic (exact) mass is 873 g/mol. The molecule has 0 aromatic heterocycles. The summed E-state index contributed by atoms with van der Waals surface area (Å²) < 4.78 is 6.69. The summed E-state index contributed by atoms with van der Waals surface area (Å²) in [5.41, 5.74) is 20.0. The van der Waals surface area contributed by atoms with E-state index in [-0.39, 0.29) is 12.1 Å². The van der Waals surface area contributed by atoms with Crippen molar-refractivity contribution in [3.63, 3.8) is 0 Å². The minimum atomic E-state index is 0.134. The smallest absolute Gasteiger partial charge is 0.0780 e. The molecule has 0 heterocycles. The molecule has 1 aliphatic rings. The first kappa shape index (κ1) is 46.3. The highest BCUT2D eigenvalue weighted by Crippen LogP contribution is 2.42. The molecule has 0 spiro atoms. The van der Waals surface area contributed by atoms with Gasteiger partial charge in [0.1, 0.15) is 0 Å². The lowest BCUT2D eigenvalue weighted by Gasteiger charge is -2.33. The highest BCUT2D eigenvalue weighted by atomic mass is 16.5. The summed E-state index contributed by atoms with van der Waals surface area (Å²) in [6.45, 7) is 24.3. The van der Waals surface area contributed by atoms with Crippen LogP contribution in [-0.2, 0) is 11.3 Å². The van der Waals surface area contributed by atoms with Crippen LogP contribution in [0.5, 0.6) is 0 Å². The predicted molar refractivity (Wildman–Crippen MR) is 284 cm³/mol. The molecule has 0 saturated heterocycles. The molecule has 7 aromatic carbocycles. The van der Waals surface area contributed by atoms with Crippen molar-refractivity contribution in [3.8, 4) is 0 Å². The Kier molecular flexibility index (Phi) is 14.7. The van der Waals surface area contributed by atoms with Gasteiger partial charge in [-0.2, -0.15) is 0 Å². The topological polar surface area (TPSA) is 27.7 Å². The lowest BCUT2D eigenvalue weighted by Crippen LogP contribution is -2.38. The molecule has 1 aliphatic carbocycles. The van der Waals surface area contributed by atoms with Gasteiger partial charge in [-0.05, 0) is 173 Å². The highest BCUT2D eigenvalue weighted by molar-refractivity contribution is 5.98. The van der Waals surface area contributed by atoms with Gasteiger partial charge in [0.15, 0.2) is 0 Å². The second kappa shape index (κ2) is 20.9. The van der Waals surface area contributed by atoms with E-state index in [1.165, 1.54) is 108 Å². The van der Waals surface area contributed by atoms with Crippen LogP contribution in [-0.4, -0.2) is 25.2 Å². The quantitative estimate of drug-likeness (QED) is 0.0729. The summed E-state index contributed by atoms with van der Waals surface area (Å²) in [4.78, 5) is 5.02. The number of hydrogen-bond donors (Lipinski definition) is 1. The SMILES string of the molecule is C=Cc1ccc(COC2CCCCC2Nc2ccc([C+](c3ccc(N(CCC)c4c(C)cc(C)cc4C)cc3)c3ccc(N(CCC)c4c(C)cc(C)cc4C)cc3)c3ccccc23)cc1. The maximum absolute atomic E-state index is 6.69. The molecule has 338 valence electrons. The first-order valence-corrected chi connectivity index (χ1v) is 24.5. The molecule has 0 amide bonds. The van der Waals surface area contributed by atoms with Crippen LogP contribution >= 0.6 is 0 Å². The van der Waals surface area contributed by atoms with Crippen LogP contribution in [0.15, 0.2) is 140 Å². The number of benzene rings is 7. The lowest BCUT2D eigenvalue weighted by molar-refractivity contribution is 0.00886. The average Bonchev–Trinajstić information content (AvgIpc) is 3.31. The molecule has 66 heavy (non-hydrogen) atoms. The van der Waals surface area contributed by atoms with Gasteiger partial charge in [0.05, 0.1) is 58.4 Å². The molecule has 7 aromatic rings. The molecule has 1 saturated carbocycles. The summed E-state index contributed by atoms with van der Waals surface area (Å²) in [5, 5.41) is 6.50. The number of ether oxygens (including phenoxy) is 1. The Morgan fingerprint density at radius 3 is 1.61 bits per heavy atom. The largest absolute Gasteiger partial charge is 0.378 e. The molecule has 4 nitrogen and oxygen atoms in total. The van der Waals surface area contributed by atoms with Crippen molar-refractivity contribution in [1.29, 1.82) is 0 Å². The standard InChI is InChI=1S/C62H70N3O/c1-10-35-64(61-44(6)37-42(4)38-45(61)7)52-29-25-50(26-30-52)60(51-27-31-53(32-28-51)65(36-11-2)62-46(8)39-43(5)40-47(62)9)56-33-34-57(55-18-14-13-17-54(55)56)63-58-19-15-16-20-59(58)66-41-49-23-21-48(12-3)22-24-49/h12-14,17-18,21-34,37-40,58-59,63H,3,10-11,15-16,19-20,35-36,41H2,1-2,4-9H3/q+1. The minimum Gasteiger partial charge on any atom is -0.378 e. The van der Waals surface area contributed by atoms with Gasteiger partial charge in [0, 0.05) is 35.2 Å². The third kappa shape index (κ3) is 10.1. The fourth-order valence-electron chi connectivity index (χ4n) is 10.7. The van der Waals surface area contributed by atoms with Crippen molar-refractivity contribution in [2.75, 3.05) is 28.2 Å². The van der Waals surface area contributed by atoms with Gasteiger partial charge in [0.25, 0.3) is 0 Å². The van der Waals surface area contributed by atoms with E-state index in [0.29, 0.717) is 6.61 Å². The summed E-state index contributed by atoms with van der Waals surface area (Å²) in [6, 6.07) is 50.4. The van der Waals surface area contributed by atoms with Crippen molar-refractivity contribution in [1.82, 2.24) is 0 Å². The molecule has 2 atom stereocenters. The summed E-state index contributed by atoms with van der Waals surface area (Å²) in [5.74, 6) is 1.23. The van der Waals surface area contributed by atoms with E-state index < -0.39 is 0 Å². The number of fused-ring (bicyclic) bond motifs is 1. The molecule has 0 radical (unpaired) electrons. The number of rotatable bonds is 17. The van der Waals surface area contributed by atoms with Crippen LogP contribution in [0.1, 0.15) is 114 Å². The van der Waals surface area contributed by atoms with Crippen molar-refractivity contribution in [3.05, 3.63) is 207 Å². The van der Waals surface area contributed by atoms with Crippen LogP contribution in [0.3, 0.4) is 0 Å². The molecule has 2 unspecified atom stereocenters.